The van der Waals surface area contributed by atoms with Gasteiger partial charge in [-0.3, -0.25) is 0 Å². The van der Waals surface area contributed by atoms with Gasteiger partial charge in [-0.1, -0.05) is 6.07 Å². The van der Waals surface area contributed by atoms with Crippen molar-refractivity contribution in [3.05, 3.63) is 29.3 Å². The first kappa shape index (κ1) is 12.4. The summed E-state index contributed by atoms with van der Waals surface area (Å²) >= 11 is 0. The molecular weight excluding hydrogens is 248 g/mol. The molecule has 1 aromatic carbocycles. The van der Waals surface area contributed by atoms with Crippen molar-refractivity contribution in [2.45, 2.75) is 23.8 Å². The van der Waals surface area contributed by atoms with E-state index in [1.807, 2.05) is 0 Å². The third-order valence-corrected chi connectivity index (χ3v) is 4.00. The van der Waals surface area contributed by atoms with Crippen LogP contribution in [-0.2, 0) is 9.84 Å². The number of hydrogen-bond acceptors (Lipinski definition) is 3. The second-order valence-corrected chi connectivity index (χ2v) is 6.15. The minimum Gasteiger partial charge on any atom is -0.310 e. The molecule has 17 heavy (non-hydrogen) atoms. The molecule has 6 heteroatoms. The topological polar surface area (TPSA) is 46.2 Å². The third kappa shape index (κ3) is 2.32. The van der Waals surface area contributed by atoms with Crippen molar-refractivity contribution in [1.29, 1.82) is 0 Å². The predicted octanol–water partition coefficient (Wildman–Crippen LogP) is 1.79. The molecule has 0 aromatic heterocycles. The zero-order valence-electron chi connectivity index (χ0n) is 9.33. The highest BCUT2D eigenvalue weighted by molar-refractivity contribution is 7.90. The van der Waals surface area contributed by atoms with Crippen molar-refractivity contribution in [3.63, 3.8) is 0 Å². The fraction of sp³-hybridized carbons (Fsp3) is 0.455. The molecule has 0 bridgehead atoms. The first-order valence-corrected chi connectivity index (χ1v) is 7.21. The van der Waals surface area contributed by atoms with E-state index < -0.39 is 26.4 Å². The molecule has 1 unspecified atom stereocenters. The fourth-order valence-electron chi connectivity index (χ4n) is 2.11. The average Bonchev–Trinajstić information content (AvgIpc) is 2.68. The van der Waals surface area contributed by atoms with Crippen LogP contribution < -0.4 is 5.32 Å². The lowest BCUT2D eigenvalue weighted by Gasteiger charge is -2.14. The van der Waals surface area contributed by atoms with E-state index in [2.05, 4.69) is 5.32 Å². The van der Waals surface area contributed by atoms with E-state index in [4.69, 9.17) is 0 Å². The minimum atomic E-state index is -3.89. The molecule has 3 nitrogen and oxygen atoms in total. The summed E-state index contributed by atoms with van der Waals surface area (Å²) in [4.78, 5) is -0.830. The van der Waals surface area contributed by atoms with Gasteiger partial charge in [0.25, 0.3) is 0 Å². The molecule has 1 aliphatic heterocycles. The van der Waals surface area contributed by atoms with Crippen molar-refractivity contribution in [2.24, 2.45) is 0 Å². The highest BCUT2D eigenvalue weighted by atomic mass is 32.2. The quantitative estimate of drug-likeness (QED) is 0.883. The largest absolute Gasteiger partial charge is 0.310 e. The van der Waals surface area contributed by atoms with Crippen molar-refractivity contribution in [3.8, 4) is 0 Å². The van der Waals surface area contributed by atoms with Crippen LogP contribution in [0.4, 0.5) is 8.78 Å². The van der Waals surface area contributed by atoms with Gasteiger partial charge in [-0.25, -0.2) is 17.2 Å². The predicted molar refractivity (Wildman–Crippen MR) is 59.4 cm³/mol. The molecule has 1 N–H and O–H groups in total. The summed E-state index contributed by atoms with van der Waals surface area (Å²) in [5.41, 5.74) is 0.226. The summed E-state index contributed by atoms with van der Waals surface area (Å²) in [5, 5.41) is 3.05. The minimum absolute atomic E-state index is 0.226. The molecule has 1 aliphatic rings. The van der Waals surface area contributed by atoms with Crippen LogP contribution in [0.15, 0.2) is 17.0 Å². The van der Waals surface area contributed by atoms with Gasteiger partial charge in [0.1, 0.15) is 16.5 Å². The van der Waals surface area contributed by atoms with Gasteiger partial charge in [0, 0.05) is 17.9 Å². The van der Waals surface area contributed by atoms with Crippen molar-refractivity contribution < 1.29 is 17.2 Å². The Morgan fingerprint density at radius 1 is 1.35 bits per heavy atom. The normalized spacial score (nSPS) is 20.8. The van der Waals surface area contributed by atoms with Gasteiger partial charge in [-0.05, 0) is 25.5 Å². The summed E-state index contributed by atoms with van der Waals surface area (Å²) in [7, 11) is -3.89. The molecule has 0 spiro atoms. The maximum atomic E-state index is 14.0. The van der Waals surface area contributed by atoms with Gasteiger partial charge in [0.05, 0.1) is 0 Å². The maximum Gasteiger partial charge on any atom is 0.181 e. The average molecular weight is 261 g/mol. The molecule has 0 amide bonds. The summed E-state index contributed by atoms with van der Waals surface area (Å²) in [6, 6.07) is 2.09. The lowest BCUT2D eigenvalue weighted by atomic mass is 10.0. The first-order chi connectivity index (χ1) is 7.91. The van der Waals surface area contributed by atoms with Crippen LogP contribution in [0, 0.1) is 11.6 Å². The molecule has 1 saturated heterocycles. The van der Waals surface area contributed by atoms with Gasteiger partial charge in [0.2, 0.25) is 0 Å². The lowest BCUT2D eigenvalue weighted by Crippen LogP contribution is -2.16. The second kappa shape index (κ2) is 4.34. The molecule has 94 valence electrons. The maximum absolute atomic E-state index is 14.0. The van der Waals surface area contributed by atoms with E-state index in [-0.39, 0.29) is 11.6 Å². The van der Waals surface area contributed by atoms with Crippen LogP contribution >= 0.6 is 0 Å². The number of rotatable bonds is 2. The van der Waals surface area contributed by atoms with Crippen LogP contribution in [-0.4, -0.2) is 21.2 Å². The molecule has 0 radical (unpaired) electrons. The van der Waals surface area contributed by atoms with Gasteiger partial charge in [-0.2, -0.15) is 0 Å². The van der Waals surface area contributed by atoms with E-state index in [0.29, 0.717) is 0 Å². The molecule has 1 aromatic rings. The van der Waals surface area contributed by atoms with Crippen LogP contribution in [0.5, 0.6) is 0 Å². The zero-order valence-corrected chi connectivity index (χ0v) is 10.2. The SMILES string of the molecule is CS(=O)(=O)c1c(F)ccc(C2CCCN2)c1F. The molecular formula is C11H13F2NO2S. The Kier molecular flexibility index (Phi) is 3.18. The van der Waals surface area contributed by atoms with Gasteiger partial charge in [-0.15, -0.1) is 0 Å². The van der Waals surface area contributed by atoms with Crippen molar-refractivity contribution >= 4 is 9.84 Å². The Hall–Kier alpha value is -1.01. The van der Waals surface area contributed by atoms with Gasteiger partial charge >= 0.3 is 0 Å². The van der Waals surface area contributed by atoms with Crippen LogP contribution in [0.3, 0.4) is 0 Å². The summed E-state index contributed by atoms with van der Waals surface area (Å²) in [6.45, 7) is 0.760. The molecule has 0 saturated carbocycles. The first-order valence-electron chi connectivity index (χ1n) is 5.32. The van der Waals surface area contributed by atoms with Crippen LogP contribution in [0.2, 0.25) is 0 Å². The molecule has 0 aliphatic carbocycles. The highest BCUT2D eigenvalue weighted by Gasteiger charge is 2.27. The van der Waals surface area contributed by atoms with E-state index in [1.165, 1.54) is 6.07 Å². The standard InChI is InChI=1S/C11H13F2NO2S/c1-17(15,16)11-8(12)5-4-7(10(11)13)9-3-2-6-14-9/h4-5,9,14H,2-3,6H2,1H3. The monoisotopic (exact) mass is 261 g/mol. The van der Waals surface area contributed by atoms with E-state index >= 15 is 0 Å². The summed E-state index contributed by atoms with van der Waals surface area (Å²) in [6.07, 6.45) is 2.43. The van der Waals surface area contributed by atoms with Crippen molar-refractivity contribution in [1.82, 2.24) is 5.32 Å². The fourth-order valence-corrected chi connectivity index (χ4v) is 2.97. The number of sulfone groups is 1. The Labute approximate surface area is 98.8 Å². The molecule has 1 atom stereocenters. The third-order valence-electron chi connectivity index (χ3n) is 2.89. The van der Waals surface area contributed by atoms with E-state index in [1.54, 1.807) is 0 Å². The molecule has 1 fully saturated rings. The van der Waals surface area contributed by atoms with Gasteiger partial charge < -0.3 is 5.32 Å². The Bertz CT molecular complexity index is 537. The number of hydrogen-bond donors (Lipinski definition) is 1. The van der Waals surface area contributed by atoms with E-state index in [0.717, 1.165) is 31.7 Å². The zero-order chi connectivity index (χ0) is 12.6. The molecule has 1 heterocycles. The highest BCUT2D eigenvalue weighted by Crippen LogP contribution is 2.30. The summed E-state index contributed by atoms with van der Waals surface area (Å²) < 4.78 is 50.1. The van der Waals surface area contributed by atoms with Crippen LogP contribution in [0.25, 0.3) is 0 Å². The van der Waals surface area contributed by atoms with E-state index in [9.17, 15) is 17.2 Å². The van der Waals surface area contributed by atoms with Crippen LogP contribution in [0.1, 0.15) is 24.4 Å². The Balaban J connectivity index is 2.57. The molecule has 2 rings (SSSR count). The number of nitrogens with one attached hydrogen (secondary N) is 1. The van der Waals surface area contributed by atoms with Crippen molar-refractivity contribution in [2.75, 3.05) is 12.8 Å². The number of benzene rings is 1. The number of halogens is 2. The second-order valence-electron chi connectivity index (χ2n) is 4.20. The van der Waals surface area contributed by atoms with Gasteiger partial charge in [0.15, 0.2) is 9.84 Å². The lowest BCUT2D eigenvalue weighted by molar-refractivity contribution is 0.495. The summed E-state index contributed by atoms with van der Waals surface area (Å²) in [5.74, 6) is -2.00. The Morgan fingerprint density at radius 3 is 2.59 bits per heavy atom. The Morgan fingerprint density at radius 2 is 2.06 bits per heavy atom. The smallest absolute Gasteiger partial charge is 0.181 e.